The van der Waals surface area contributed by atoms with Crippen LogP contribution >= 0.6 is 11.8 Å². The minimum absolute atomic E-state index is 0.0425. The molecular formula is C19H27N3O4S. The zero-order valence-electron chi connectivity index (χ0n) is 15.8. The Morgan fingerprint density at radius 1 is 1.33 bits per heavy atom. The van der Waals surface area contributed by atoms with Gasteiger partial charge < -0.3 is 15.3 Å². The summed E-state index contributed by atoms with van der Waals surface area (Å²) in [5.74, 6) is -1.48. The van der Waals surface area contributed by atoms with Crippen LogP contribution in [0.25, 0.3) is 0 Å². The number of carbonyl (C=O) groups excluding carboxylic acids is 2. The molecule has 0 saturated carbocycles. The van der Waals surface area contributed by atoms with Gasteiger partial charge in [-0.05, 0) is 38.3 Å². The maximum Gasteiger partial charge on any atom is 0.326 e. The predicted octanol–water partition coefficient (Wildman–Crippen LogP) is 2.56. The number of carboxylic acid groups (broad SMARTS) is 1. The normalized spacial score (nSPS) is 16.0. The van der Waals surface area contributed by atoms with Gasteiger partial charge in [0.15, 0.2) is 0 Å². The van der Waals surface area contributed by atoms with Crippen LogP contribution < -0.4 is 5.32 Å². The van der Waals surface area contributed by atoms with Gasteiger partial charge in [-0.2, -0.15) is 0 Å². The Labute approximate surface area is 163 Å². The van der Waals surface area contributed by atoms with E-state index in [-0.39, 0.29) is 11.2 Å². The fraction of sp³-hybridized carbons (Fsp3) is 0.579. The Morgan fingerprint density at radius 3 is 2.67 bits per heavy atom. The van der Waals surface area contributed by atoms with Gasteiger partial charge in [0.25, 0.3) is 5.91 Å². The SMILES string of the molecule is CCCC[C@H](NC(=O)c1cccnc1SC(C)C(=O)N1CCCC1)C(=O)O. The summed E-state index contributed by atoms with van der Waals surface area (Å²) in [5, 5.41) is 12.0. The van der Waals surface area contributed by atoms with Crippen molar-refractivity contribution in [2.45, 2.75) is 62.3 Å². The Balaban J connectivity index is 2.08. The maximum absolute atomic E-state index is 12.6. The molecule has 148 valence electrons. The summed E-state index contributed by atoms with van der Waals surface area (Å²) in [6.45, 7) is 5.33. The molecule has 8 heteroatoms. The van der Waals surface area contributed by atoms with Crippen LogP contribution in [0.1, 0.15) is 56.3 Å². The lowest BCUT2D eigenvalue weighted by Gasteiger charge is -2.20. The highest BCUT2D eigenvalue weighted by Gasteiger charge is 2.27. The van der Waals surface area contributed by atoms with Gasteiger partial charge in [0.2, 0.25) is 5.91 Å². The van der Waals surface area contributed by atoms with E-state index in [0.29, 0.717) is 23.4 Å². The first-order valence-corrected chi connectivity index (χ1v) is 10.3. The first-order chi connectivity index (χ1) is 12.9. The zero-order valence-corrected chi connectivity index (χ0v) is 16.6. The fourth-order valence-electron chi connectivity index (χ4n) is 2.97. The molecule has 0 spiro atoms. The lowest BCUT2D eigenvalue weighted by atomic mass is 10.1. The Bertz CT molecular complexity index is 677. The van der Waals surface area contributed by atoms with Crippen LogP contribution in [0.2, 0.25) is 0 Å². The Kier molecular flexibility index (Phi) is 8.09. The third kappa shape index (κ3) is 5.95. The molecule has 1 saturated heterocycles. The van der Waals surface area contributed by atoms with Gasteiger partial charge in [-0.15, -0.1) is 0 Å². The third-order valence-electron chi connectivity index (χ3n) is 4.52. The van der Waals surface area contributed by atoms with Crippen LogP contribution in [-0.4, -0.2) is 57.2 Å². The molecule has 7 nitrogen and oxygen atoms in total. The fourth-order valence-corrected chi connectivity index (χ4v) is 3.97. The number of aliphatic carboxylic acids is 1. The number of hydrogen-bond acceptors (Lipinski definition) is 5. The van der Waals surface area contributed by atoms with Gasteiger partial charge in [-0.25, -0.2) is 9.78 Å². The number of nitrogens with zero attached hydrogens (tertiary/aromatic N) is 2. The van der Waals surface area contributed by atoms with Crippen LogP contribution in [0.4, 0.5) is 0 Å². The van der Waals surface area contributed by atoms with Gasteiger partial charge >= 0.3 is 5.97 Å². The number of nitrogens with one attached hydrogen (secondary N) is 1. The summed E-state index contributed by atoms with van der Waals surface area (Å²) in [5.41, 5.74) is 0.298. The number of hydrogen-bond donors (Lipinski definition) is 2. The van der Waals surface area contributed by atoms with Crippen molar-refractivity contribution in [3.63, 3.8) is 0 Å². The van der Waals surface area contributed by atoms with Crippen LogP contribution in [0.3, 0.4) is 0 Å². The number of unbranched alkanes of at least 4 members (excludes halogenated alkanes) is 1. The Morgan fingerprint density at radius 2 is 2.04 bits per heavy atom. The molecule has 1 unspecified atom stereocenters. The van der Waals surface area contributed by atoms with E-state index in [1.807, 2.05) is 18.7 Å². The van der Waals surface area contributed by atoms with E-state index in [0.717, 1.165) is 32.4 Å². The number of pyridine rings is 1. The molecule has 2 atom stereocenters. The highest BCUT2D eigenvalue weighted by molar-refractivity contribution is 8.00. The van der Waals surface area contributed by atoms with Gasteiger partial charge in [-0.1, -0.05) is 31.5 Å². The molecule has 0 aromatic carbocycles. The minimum Gasteiger partial charge on any atom is -0.480 e. The van der Waals surface area contributed by atoms with Gasteiger partial charge in [0.05, 0.1) is 10.8 Å². The van der Waals surface area contributed by atoms with Crippen molar-refractivity contribution < 1.29 is 19.5 Å². The second kappa shape index (κ2) is 10.3. The number of carboxylic acids is 1. The molecule has 2 N–H and O–H groups in total. The number of aromatic nitrogens is 1. The van der Waals surface area contributed by atoms with Gasteiger partial charge in [0.1, 0.15) is 11.1 Å². The number of carbonyl (C=O) groups is 3. The first-order valence-electron chi connectivity index (χ1n) is 9.38. The molecule has 1 aromatic rings. The molecular weight excluding hydrogens is 366 g/mol. The standard InChI is InChI=1S/C19H27N3O4S/c1-3-4-9-15(19(25)26)21-16(23)14-8-7-10-20-17(14)27-13(2)18(24)22-11-5-6-12-22/h7-8,10,13,15H,3-6,9,11-12H2,1-2H3,(H,21,23)(H,25,26)/t13?,15-/m0/s1. The molecule has 1 fully saturated rings. The van der Waals surface area contributed by atoms with E-state index in [1.165, 1.54) is 11.8 Å². The highest BCUT2D eigenvalue weighted by Crippen LogP contribution is 2.27. The van der Waals surface area contributed by atoms with Gasteiger partial charge in [0, 0.05) is 19.3 Å². The van der Waals surface area contributed by atoms with Crippen LogP contribution in [0, 0.1) is 0 Å². The van der Waals surface area contributed by atoms with E-state index >= 15 is 0 Å². The van der Waals surface area contributed by atoms with Crippen LogP contribution in [-0.2, 0) is 9.59 Å². The topological polar surface area (TPSA) is 99.6 Å². The molecule has 27 heavy (non-hydrogen) atoms. The maximum atomic E-state index is 12.6. The van der Waals surface area contributed by atoms with Crippen molar-refractivity contribution in [1.82, 2.24) is 15.2 Å². The molecule has 1 aliphatic heterocycles. The van der Waals surface area contributed by atoms with Crippen molar-refractivity contribution >= 4 is 29.5 Å². The summed E-state index contributed by atoms with van der Waals surface area (Å²) in [7, 11) is 0. The third-order valence-corrected chi connectivity index (χ3v) is 5.62. The lowest BCUT2D eigenvalue weighted by molar-refractivity contribution is -0.139. The predicted molar refractivity (Wildman–Crippen MR) is 104 cm³/mol. The van der Waals surface area contributed by atoms with Crippen molar-refractivity contribution in [2.24, 2.45) is 0 Å². The molecule has 0 bridgehead atoms. The Hall–Kier alpha value is -2.09. The second-order valence-electron chi connectivity index (χ2n) is 6.66. The lowest BCUT2D eigenvalue weighted by Crippen LogP contribution is -2.41. The number of rotatable bonds is 9. The first kappa shape index (κ1) is 21.2. The van der Waals surface area contributed by atoms with E-state index < -0.39 is 17.9 Å². The van der Waals surface area contributed by atoms with Crippen LogP contribution in [0.5, 0.6) is 0 Å². The molecule has 2 heterocycles. The number of likely N-dealkylation sites (tertiary alicyclic amines) is 1. The largest absolute Gasteiger partial charge is 0.480 e. The molecule has 1 aliphatic rings. The molecule has 2 rings (SSSR count). The molecule has 0 radical (unpaired) electrons. The highest BCUT2D eigenvalue weighted by atomic mass is 32.2. The summed E-state index contributed by atoms with van der Waals surface area (Å²) in [4.78, 5) is 42.6. The smallest absolute Gasteiger partial charge is 0.326 e. The monoisotopic (exact) mass is 393 g/mol. The summed E-state index contributed by atoms with van der Waals surface area (Å²) >= 11 is 1.24. The second-order valence-corrected chi connectivity index (χ2v) is 7.98. The average Bonchev–Trinajstić information content (AvgIpc) is 3.19. The van der Waals surface area contributed by atoms with Crippen LogP contribution in [0.15, 0.2) is 23.4 Å². The van der Waals surface area contributed by atoms with Crippen molar-refractivity contribution in [2.75, 3.05) is 13.1 Å². The molecule has 0 aliphatic carbocycles. The van der Waals surface area contributed by atoms with Crippen molar-refractivity contribution in [3.05, 3.63) is 23.9 Å². The van der Waals surface area contributed by atoms with Gasteiger partial charge in [-0.3, -0.25) is 9.59 Å². The van der Waals surface area contributed by atoms with E-state index in [4.69, 9.17) is 0 Å². The van der Waals surface area contributed by atoms with Crippen molar-refractivity contribution in [3.8, 4) is 0 Å². The number of thioether (sulfide) groups is 1. The summed E-state index contributed by atoms with van der Waals surface area (Å²) < 4.78 is 0. The summed E-state index contributed by atoms with van der Waals surface area (Å²) in [6.07, 6.45) is 5.56. The molecule has 2 amide bonds. The quantitative estimate of drug-likeness (QED) is 0.626. The number of amides is 2. The van der Waals surface area contributed by atoms with E-state index in [9.17, 15) is 19.5 Å². The average molecular weight is 394 g/mol. The molecule has 1 aromatic heterocycles. The van der Waals surface area contributed by atoms with Crippen molar-refractivity contribution in [1.29, 1.82) is 0 Å². The zero-order chi connectivity index (χ0) is 19.8. The minimum atomic E-state index is -1.05. The van der Waals surface area contributed by atoms with E-state index in [1.54, 1.807) is 18.3 Å². The summed E-state index contributed by atoms with van der Waals surface area (Å²) in [6, 6.07) is 2.31. The van der Waals surface area contributed by atoms with E-state index in [2.05, 4.69) is 10.3 Å².